The lowest BCUT2D eigenvalue weighted by molar-refractivity contribution is 0.102. The minimum atomic E-state index is -0.626. The number of amides is 1. The zero-order chi connectivity index (χ0) is 16.9. The highest BCUT2D eigenvalue weighted by Gasteiger charge is 2.12. The van der Waals surface area contributed by atoms with Crippen LogP contribution >= 0.6 is 22.9 Å². The van der Waals surface area contributed by atoms with Gasteiger partial charge in [-0.25, -0.2) is 9.37 Å². The summed E-state index contributed by atoms with van der Waals surface area (Å²) >= 11 is 7.01. The SMILES string of the molecule is O=C(Nc1cccnc1)c1cc(C#Cc2csc(Cl)n2)ccc1F. The third-order valence-corrected chi connectivity index (χ3v) is 3.92. The summed E-state index contributed by atoms with van der Waals surface area (Å²) in [6.07, 6.45) is 3.06. The van der Waals surface area contributed by atoms with Gasteiger partial charge in [-0.2, -0.15) is 0 Å². The van der Waals surface area contributed by atoms with Crippen LogP contribution in [0.5, 0.6) is 0 Å². The quantitative estimate of drug-likeness (QED) is 0.706. The number of aromatic nitrogens is 2. The highest BCUT2D eigenvalue weighted by molar-refractivity contribution is 7.14. The maximum absolute atomic E-state index is 13.9. The van der Waals surface area contributed by atoms with Gasteiger partial charge >= 0.3 is 0 Å². The minimum Gasteiger partial charge on any atom is -0.320 e. The fourth-order valence-electron chi connectivity index (χ4n) is 1.86. The molecule has 0 saturated carbocycles. The van der Waals surface area contributed by atoms with Gasteiger partial charge in [0.1, 0.15) is 11.5 Å². The van der Waals surface area contributed by atoms with Crippen molar-refractivity contribution in [2.24, 2.45) is 0 Å². The molecular weight excluding hydrogens is 349 g/mol. The molecule has 0 aliphatic rings. The van der Waals surface area contributed by atoms with E-state index in [1.165, 1.54) is 35.7 Å². The van der Waals surface area contributed by atoms with Gasteiger partial charge in [0.25, 0.3) is 5.91 Å². The minimum absolute atomic E-state index is 0.0954. The number of carbonyl (C=O) groups is 1. The van der Waals surface area contributed by atoms with Gasteiger partial charge in [0, 0.05) is 17.1 Å². The number of nitrogens with zero attached hydrogens (tertiary/aromatic N) is 2. The van der Waals surface area contributed by atoms with E-state index < -0.39 is 11.7 Å². The number of anilines is 1. The Bertz CT molecular complexity index is 947. The van der Waals surface area contributed by atoms with Gasteiger partial charge in [-0.3, -0.25) is 9.78 Å². The molecule has 3 aromatic rings. The fourth-order valence-corrected chi connectivity index (χ4v) is 2.55. The number of hydrogen-bond donors (Lipinski definition) is 1. The third-order valence-electron chi connectivity index (χ3n) is 2.94. The third kappa shape index (κ3) is 3.96. The van der Waals surface area contributed by atoms with Crippen molar-refractivity contribution in [2.45, 2.75) is 0 Å². The zero-order valence-corrected chi connectivity index (χ0v) is 13.7. The smallest absolute Gasteiger partial charge is 0.258 e. The predicted octanol–water partition coefficient (Wildman–Crippen LogP) is 3.98. The maximum Gasteiger partial charge on any atom is 0.258 e. The monoisotopic (exact) mass is 357 g/mol. The summed E-state index contributed by atoms with van der Waals surface area (Å²) in [5.41, 5.74) is 1.41. The Hall–Kier alpha value is -2.75. The van der Waals surface area contributed by atoms with E-state index in [0.717, 1.165) is 0 Å². The lowest BCUT2D eigenvalue weighted by atomic mass is 10.1. The molecule has 0 radical (unpaired) electrons. The number of rotatable bonds is 2. The summed E-state index contributed by atoms with van der Waals surface area (Å²) in [7, 11) is 0. The lowest BCUT2D eigenvalue weighted by Gasteiger charge is -2.06. The molecule has 1 amide bonds. The normalized spacial score (nSPS) is 9.92. The lowest BCUT2D eigenvalue weighted by Crippen LogP contribution is -2.14. The van der Waals surface area contributed by atoms with E-state index in [-0.39, 0.29) is 5.56 Å². The molecule has 0 saturated heterocycles. The average molecular weight is 358 g/mol. The molecule has 2 aromatic heterocycles. The summed E-state index contributed by atoms with van der Waals surface area (Å²) in [5.74, 6) is 4.46. The summed E-state index contributed by atoms with van der Waals surface area (Å²) in [6, 6.07) is 7.43. The number of nitrogens with one attached hydrogen (secondary N) is 1. The van der Waals surface area contributed by atoms with Crippen LogP contribution in [0.15, 0.2) is 48.1 Å². The first-order valence-corrected chi connectivity index (χ1v) is 8.01. The zero-order valence-electron chi connectivity index (χ0n) is 12.1. The summed E-state index contributed by atoms with van der Waals surface area (Å²) in [6.45, 7) is 0. The van der Waals surface area contributed by atoms with E-state index in [2.05, 4.69) is 27.1 Å². The highest BCUT2D eigenvalue weighted by atomic mass is 35.5. The van der Waals surface area contributed by atoms with Crippen LogP contribution in [0.25, 0.3) is 0 Å². The Morgan fingerprint density at radius 3 is 2.88 bits per heavy atom. The molecule has 0 unspecified atom stereocenters. The molecule has 4 nitrogen and oxygen atoms in total. The molecular formula is C17H9ClFN3OS. The number of hydrogen-bond acceptors (Lipinski definition) is 4. The van der Waals surface area contributed by atoms with Gasteiger partial charge in [0.2, 0.25) is 0 Å². The second-order valence-corrected chi connectivity index (χ2v) is 6.07. The maximum atomic E-state index is 13.9. The second-order valence-electron chi connectivity index (χ2n) is 4.63. The van der Waals surface area contributed by atoms with E-state index in [1.807, 2.05) is 0 Å². The molecule has 0 atom stereocenters. The van der Waals surface area contributed by atoms with Gasteiger partial charge in [0.05, 0.1) is 17.4 Å². The first-order chi connectivity index (χ1) is 11.6. The van der Waals surface area contributed by atoms with E-state index in [9.17, 15) is 9.18 Å². The molecule has 118 valence electrons. The van der Waals surface area contributed by atoms with Crippen molar-refractivity contribution in [3.05, 3.63) is 75.2 Å². The molecule has 0 aliphatic carbocycles. The van der Waals surface area contributed by atoms with Crippen molar-refractivity contribution in [1.82, 2.24) is 9.97 Å². The standard InChI is InChI=1S/C17H9ClFN3OS/c18-17-22-13(10-24-17)5-3-11-4-6-15(19)14(8-11)16(23)21-12-2-1-7-20-9-12/h1-2,4,6-10H,(H,21,23). The first kappa shape index (κ1) is 16.1. The van der Waals surface area contributed by atoms with Crippen LogP contribution in [-0.4, -0.2) is 15.9 Å². The van der Waals surface area contributed by atoms with Crippen LogP contribution in [0.1, 0.15) is 21.6 Å². The summed E-state index contributed by atoms with van der Waals surface area (Å²) in [5, 5.41) is 4.30. The fraction of sp³-hybridized carbons (Fsp3) is 0. The topological polar surface area (TPSA) is 54.9 Å². The van der Waals surface area contributed by atoms with Crippen molar-refractivity contribution in [1.29, 1.82) is 0 Å². The molecule has 1 N–H and O–H groups in total. The van der Waals surface area contributed by atoms with E-state index in [4.69, 9.17) is 11.6 Å². The highest BCUT2D eigenvalue weighted by Crippen LogP contribution is 2.15. The van der Waals surface area contributed by atoms with Crippen LogP contribution in [0.3, 0.4) is 0 Å². The van der Waals surface area contributed by atoms with Crippen LogP contribution < -0.4 is 5.32 Å². The molecule has 0 bridgehead atoms. The van der Waals surface area contributed by atoms with Crippen LogP contribution in [-0.2, 0) is 0 Å². The van der Waals surface area contributed by atoms with Gasteiger partial charge in [-0.05, 0) is 36.3 Å². The van der Waals surface area contributed by atoms with Crippen molar-refractivity contribution in [3.8, 4) is 11.8 Å². The first-order valence-electron chi connectivity index (χ1n) is 6.76. The number of thiazole rings is 1. The largest absolute Gasteiger partial charge is 0.320 e. The predicted molar refractivity (Wildman–Crippen MR) is 91.7 cm³/mol. The van der Waals surface area contributed by atoms with Gasteiger partial charge in [0.15, 0.2) is 4.47 Å². The number of benzene rings is 1. The van der Waals surface area contributed by atoms with Gasteiger partial charge in [-0.15, -0.1) is 11.3 Å². The Labute approximate surface area is 146 Å². The Morgan fingerprint density at radius 2 is 2.17 bits per heavy atom. The van der Waals surface area contributed by atoms with E-state index >= 15 is 0 Å². The summed E-state index contributed by atoms with van der Waals surface area (Å²) < 4.78 is 14.3. The molecule has 3 rings (SSSR count). The Balaban J connectivity index is 1.84. The number of pyridine rings is 1. The van der Waals surface area contributed by atoms with E-state index in [1.54, 1.807) is 23.7 Å². The van der Waals surface area contributed by atoms with Crippen LogP contribution in [0.2, 0.25) is 4.47 Å². The van der Waals surface area contributed by atoms with E-state index in [0.29, 0.717) is 21.4 Å². The van der Waals surface area contributed by atoms with Crippen molar-refractivity contribution < 1.29 is 9.18 Å². The molecule has 0 fully saturated rings. The van der Waals surface area contributed by atoms with Crippen LogP contribution in [0.4, 0.5) is 10.1 Å². The molecule has 7 heteroatoms. The van der Waals surface area contributed by atoms with Crippen LogP contribution in [0, 0.1) is 17.7 Å². The molecule has 24 heavy (non-hydrogen) atoms. The molecule has 0 aliphatic heterocycles. The number of halogens is 2. The number of carbonyl (C=O) groups excluding carboxylic acids is 1. The van der Waals surface area contributed by atoms with Gasteiger partial charge in [-0.1, -0.05) is 17.5 Å². The molecule has 2 heterocycles. The Kier molecular flexibility index (Phi) is 4.85. The van der Waals surface area contributed by atoms with Crippen molar-refractivity contribution in [2.75, 3.05) is 5.32 Å². The average Bonchev–Trinajstić information content (AvgIpc) is 3.00. The summed E-state index contributed by atoms with van der Waals surface area (Å²) in [4.78, 5) is 20.1. The second kappa shape index (κ2) is 7.21. The van der Waals surface area contributed by atoms with Crippen molar-refractivity contribution >= 4 is 34.5 Å². The Morgan fingerprint density at radius 1 is 1.29 bits per heavy atom. The molecule has 0 spiro atoms. The molecule has 1 aromatic carbocycles. The van der Waals surface area contributed by atoms with Gasteiger partial charge < -0.3 is 5.32 Å². The van der Waals surface area contributed by atoms with Crippen molar-refractivity contribution in [3.63, 3.8) is 0 Å².